The molecule has 142 valence electrons. The molecule has 1 saturated heterocycles. The van der Waals surface area contributed by atoms with Crippen LogP contribution >= 0.6 is 11.6 Å². The predicted molar refractivity (Wildman–Crippen MR) is 101 cm³/mol. The summed E-state index contributed by atoms with van der Waals surface area (Å²) in [5, 5.41) is 4.75. The van der Waals surface area contributed by atoms with Crippen LogP contribution in [0, 0.1) is 0 Å². The molecule has 1 aliphatic heterocycles. The highest BCUT2D eigenvalue weighted by molar-refractivity contribution is 7.89. The number of imide groups is 1. The molecule has 0 saturated carbocycles. The monoisotopic (exact) mass is 407 g/mol. The third-order valence-corrected chi connectivity index (χ3v) is 5.89. The molecule has 3 N–H and O–H groups in total. The Morgan fingerprint density at radius 3 is 2.48 bits per heavy atom. The minimum atomic E-state index is -3.88. The Hall–Kier alpha value is -2.42. The van der Waals surface area contributed by atoms with E-state index in [9.17, 15) is 18.0 Å². The van der Waals surface area contributed by atoms with Crippen LogP contribution in [-0.4, -0.2) is 26.9 Å². The first kappa shape index (κ1) is 19.3. The highest BCUT2D eigenvalue weighted by atomic mass is 35.5. The highest BCUT2D eigenvalue weighted by Gasteiger charge is 2.35. The van der Waals surface area contributed by atoms with E-state index in [1.165, 1.54) is 18.2 Å². The van der Waals surface area contributed by atoms with Gasteiger partial charge in [0.2, 0.25) is 10.0 Å². The summed E-state index contributed by atoms with van der Waals surface area (Å²) < 4.78 is 28.0. The van der Waals surface area contributed by atoms with Crippen molar-refractivity contribution in [2.45, 2.75) is 23.8 Å². The number of benzene rings is 2. The number of aryl methyl sites for hydroxylation is 1. The Balaban J connectivity index is 1.74. The Bertz CT molecular complexity index is 964. The summed E-state index contributed by atoms with van der Waals surface area (Å²) in [5.41, 5.74) is 1.25. The van der Waals surface area contributed by atoms with Gasteiger partial charge in [-0.15, -0.1) is 0 Å². The third kappa shape index (κ3) is 4.65. The molecule has 0 bridgehead atoms. The molecule has 0 aliphatic carbocycles. The van der Waals surface area contributed by atoms with Gasteiger partial charge in [0.1, 0.15) is 6.04 Å². The van der Waals surface area contributed by atoms with Crippen molar-refractivity contribution in [3.05, 3.63) is 64.7 Å². The summed E-state index contributed by atoms with van der Waals surface area (Å²) in [6, 6.07) is 12.1. The number of nitrogens with one attached hydrogen (secondary N) is 3. The molecule has 1 atom stereocenters. The minimum absolute atomic E-state index is 0.0889. The van der Waals surface area contributed by atoms with Gasteiger partial charge in [-0.2, -0.15) is 0 Å². The van der Waals surface area contributed by atoms with Crippen LogP contribution in [0.2, 0.25) is 5.02 Å². The van der Waals surface area contributed by atoms with Crippen LogP contribution in [0.1, 0.15) is 23.6 Å². The molecule has 1 aliphatic rings. The maximum atomic E-state index is 12.7. The number of hydrogen-bond acceptors (Lipinski definition) is 4. The molecule has 3 amide bonds. The van der Waals surface area contributed by atoms with Crippen molar-refractivity contribution in [1.82, 2.24) is 15.4 Å². The highest BCUT2D eigenvalue weighted by Crippen LogP contribution is 2.27. The molecule has 9 heteroatoms. The van der Waals surface area contributed by atoms with Crippen LogP contribution in [-0.2, 0) is 21.2 Å². The fourth-order valence-corrected chi connectivity index (χ4v) is 4.33. The second-order valence-electron chi connectivity index (χ2n) is 6.06. The van der Waals surface area contributed by atoms with Gasteiger partial charge in [-0.05, 0) is 36.6 Å². The lowest BCUT2D eigenvalue weighted by atomic mass is 10.1. The summed E-state index contributed by atoms with van der Waals surface area (Å²) >= 11 is 5.96. The van der Waals surface area contributed by atoms with Crippen molar-refractivity contribution in [3.63, 3.8) is 0 Å². The lowest BCUT2D eigenvalue weighted by molar-refractivity contribution is -0.120. The first-order valence-electron chi connectivity index (χ1n) is 8.31. The molecule has 3 rings (SSSR count). The second kappa shape index (κ2) is 8.08. The van der Waals surface area contributed by atoms with Crippen LogP contribution in [0.5, 0.6) is 0 Å². The fraction of sp³-hybridized carbons (Fsp3) is 0.222. The summed E-state index contributed by atoms with van der Waals surface area (Å²) in [6.45, 7) is 0.239. The number of sulfonamides is 1. The van der Waals surface area contributed by atoms with Gasteiger partial charge in [0, 0.05) is 17.1 Å². The molecule has 0 radical (unpaired) electrons. The first-order valence-corrected chi connectivity index (χ1v) is 10.2. The number of carbonyl (C=O) groups excluding carboxylic acids is 2. The van der Waals surface area contributed by atoms with Gasteiger partial charge in [0.05, 0.1) is 4.90 Å². The Labute approximate surface area is 162 Å². The van der Waals surface area contributed by atoms with Gasteiger partial charge in [-0.25, -0.2) is 17.9 Å². The number of carbonyl (C=O) groups is 2. The molecular formula is C18H18ClN3O4S. The van der Waals surface area contributed by atoms with E-state index in [-0.39, 0.29) is 22.0 Å². The van der Waals surface area contributed by atoms with Crippen LogP contribution in [0.25, 0.3) is 0 Å². The maximum absolute atomic E-state index is 12.7. The van der Waals surface area contributed by atoms with Gasteiger partial charge in [-0.3, -0.25) is 10.1 Å². The average Bonchev–Trinajstić information content (AvgIpc) is 2.97. The molecule has 27 heavy (non-hydrogen) atoms. The quantitative estimate of drug-likeness (QED) is 0.483. The van der Waals surface area contributed by atoms with Crippen molar-refractivity contribution in [2.24, 2.45) is 0 Å². The van der Waals surface area contributed by atoms with Crippen LogP contribution in [0.15, 0.2) is 53.4 Å². The van der Waals surface area contributed by atoms with Crippen LogP contribution in [0.4, 0.5) is 4.79 Å². The molecule has 1 heterocycles. The third-order valence-electron chi connectivity index (χ3n) is 4.12. The SMILES string of the molecule is O=C1NC(=O)C(c2cc(Cl)ccc2S(=O)(=O)NCCCc2ccccc2)N1. The van der Waals surface area contributed by atoms with Crippen LogP contribution in [0.3, 0.4) is 0 Å². The van der Waals surface area contributed by atoms with E-state index in [0.717, 1.165) is 12.0 Å². The first-order chi connectivity index (χ1) is 12.9. The van der Waals surface area contributed by atoms with Crippen molar-refractivity contribution >= 4 is 33.6 Å². The van der Waals surface area contributed by atoms with Crippen LogP contribution < -0.4 is 15.4 Å². The zero-order valence-corrected chi connectivity index (χ0v) is 15.8. The molecule has 0 spiro atoms. The largest absolute Gasteiger partial charge is 0.322 e. The molecule has 7 nitrogen and oxygen atoms in total. The van der Waals surface area contributed by atoms with Crippen molar-refractivity contribution in [3.8, 4) is 0 Å². The molecule has 0 aromatic heterocycles. The van der Waals surface area contributed by atoms with E-state index in [4.69, 9.17) is 11.6 Å². The van der Waals surface area contributed by atoms with Gasteiger partial charge in [0.25, 0.3) is 5.91 Å². The summed E-state index contributed by atoms with van der Waals surface area (Å²) in [6.07, 6.45) is 1.35. The number of amides is 3. The summed E-state index contributed by atoms with van der Waals surface area (Å²) in [4.78, 5) is 23.2. The van der Waals surface area contributed by atoms with E-state index in [0.29, 0.717) is 6.42 Å². The molecule has 2 aromatic rings. The van der Waals surface area contributed by atoms with Gasteiger partial charge in [-0.1, -0.05) is 41.9 Å². The minimum Gasteiger partial charge on any atom is -0.322 e. The van der Waals surface area contributed by atoms with Gasteiger partial charge < -0.3 is 5.32 Å². The fourth-order valence-electron chi connectivity index (χ4n) is 2.85. The Morgan fingerprint density at radius 2 is 1.81 bits per heavy atom. The maximum Gasteiger partial charge on any atom is 0.322 e. The molecule has 1 fully saturated rings. The van der Waals surface area contributed by atoms with Crippen molar-refractivity contribution in [1.29, 1.82) is 0 Å². The Kier molecular flexibility index (Phi) is 5.79. The second-order valence-corrected chi connectivity index (χ2v) is 8.24. The molecule has 2 aromatic carbocycles. The topological polar surface area (TPSA) is 104 Å². The van der Waals surface area contributed by atoms with E-state index >= 15 is 0 Å². The lowest BCUT2D eigenvalue weighted by Gasteiger charge is -2.15. The van der Waals surface area contributed by atoms with E-state index in [1.807, 2.05) is 30.3 Å². The van der Waals surface area contributed by atoms with E-state index in [2.05, 4.69) is 15.4 Å². The number of urea groups is 1. The van der Waals surface area contributed by atoms with E-state index in [1.54, 1.807) is 0 Å². The molecule has 1 unspecified atom stereocenters. The number of rotatable bonds is 7. The summed E-state index contributed by atoms with van der Waals surface area (Å²) in [7, 11) is -3.88. The summed E-state index contributed by atoms with van der Waals surface area (Å²) in [5.74, 6) is -0.622. The standard InChI is InChI=1S/C18H18ClN3O4S/c19-13-8-9-15(14(11-13)16-17(23)22-18(24)21-16)27(25,26)20-10-4-7-12-5-2-1-3-6-12/h1-3,5-6,8-9,11,16,20H,4,7,10H2,(H2,21,22,23,24). The van der Waals surface area contributed by atoms with E-state index < -0.39 is 28.0 Å². The zero-order valence-electron chi connectivity index (χ0n) is 14.2. The average molecular weight is 408 g/mol. The van der Waals surface area contributed by atoms with Gasteiger partial charge in [0.15, 0.2) is 0 Å². The predicted octanol–water partition coefficient (Wildman–Crippen LogP) is 2.13. The number of hydrogen-bond donors (Lipinski definition) is 3. The molecular weight excluding hydrogens is 390 g/mol. The Morgan fingerprint density at radius 1 is 1.07 bits per heavy atom. The van der Waals surface area contributed by atoms with Crippen molar-refractivity contribution in [2.75, 3.05) is 6.54 Å². The normalized spacial score (nSPS) is 16.9. The van der Waals surface area contributed by atoms with Crippen molar-refractivity contribution < 1.29 is 18.0 Å². The van der Waals surface area contributed by atoms with Gasteiger partial charge >= 0.3 is 6.03 Å². The number of halogens is 1. The zero-order chi connectivity index (χ0) is 19.4. The smallest absolute Gasteiger partial charge is 0.322 e. The lowest BCUT2D eigenvalue weighted by Crippen LogP contribution is -2.29.